The van der Waals surface area contributed by atoms with Gasteiger partial charge in [0.15, 0.2) is 0 Å². The second-order valence-corrected chi connectivity index (χ2v) is 4.57. The van der Waals surface area contributed by atoms with Crippen molar-refractivity contribution in [1.29, 1.82) is 0 Å². The molecule has 76 valence electrons. The summed E-state index contributed by atoms with van der Waals surface area (Å²) in [6, 6.07) is 0. The molecule has 0 aliphatic heterocycles. The van der Waals surface area contributed by atoms with Crippen molar-refractivity contribution in [1.82, 2.24) is 5.32 Å². The molecular formula is C10H18BrNO. The van der Waals surface area contributed by atoms with Crippen molar-refractivity contribution < 1.29 is 4.79 Å². The van der Waals surface area contributed by atoms with Crippen molar-refractivity contribution in [2.24, 2.45) is 5.41 Å². The normalized spacial score (nSPS) is 18.3. The number of rotatable bonds is 6. The van der Waals surface area contributed by atoms with Gasteiger partial charge in [-0.05, 0) is 24.7 Å². The van der Waals surface area contributed by atoms with E-state index in [2.05, 4.69) is 28.2 Å². The molecule has 1 rings (SSSR count). The summed E-state index contributed by atoms with van der Waals surface area (Å²) < 4.78 is 0. The lowest BCUT2D eigenvalue weighted by atomic mass is 10.1. The van der Waals surface area contributed by atoms with Gasteiger partial charge < -0.3 is 5.32 Å². The lowest BCUT2D eigenvalue weighted by Gasteiger charge is -2.12. The third-order valence-electron chi connectivity index (χ3n) is 2.66. The topological polar surface area (TPSA) is 29.1 Å². The molecule has 1 fully saturated rings. The summed E-state index contributed by atoms with van der Waals surface area (Å²) in [6.45, 7) is 2.97. The highest BCUT2D eigenvalue weighted by molar-refractivity contribution is 9.09. The van der Waals surface area contributed by atoms with Crippen LogP contribution in [0.25, 0.3) is 0 Å². The predicted octanol–water partition coefficient (Wildman–Crippen LogP) is 2.47. The number of hydrogen-bond donors (Lipinski definition) is 1. The standard InChI is InChI=1S/C10H18BrNO/c1-2-3-4-9(13)12-8-10(7-11)5-6-10/h2-8H2,1H3,(H,12,13). The van der Waals surface area contributed by atoms with Crippen molar-refractivity contribution in [2.75, 3.05) is 11.9 Å². The Kier molecular flexibility index (Phi) is 4.23. The van der Waals surface area contributed by atoms with Gasteiger partial charge in [0, 0.05) is 18.3 Å². The Morgan fingerprint density at radius 1 is 1.54 bits per heavy atom. The smallest absolute Gasteiger partial charge is 0.220 e. The molecule has 0 saturated heterocycles. The van der Waals surface area contributed by atoms with Crippen LogP contribution in [-0.2, 0) is 4.79 Å². The Morgan fingerprint density at radius 2 is 2.23 bits per heavy atom. The maximum Gasteiger partial charge on any atom is 0.220 e. The Bertz CT molecular complexity index is 178. The third-order valence-corrected chi connectivity index (χ3v) is 3.85. The summed E-state index contributed by atoms with van der Waals surface area (Å²) in [5.41, 5.74) is 0.405. The van der Waals surface area contributed by atoms with Crippen LogP contribution in [0.2, 0.25) is 0 Å². The highest BCUT2D eigenvalue weighted by Gasteiger charge is 2.41. The average Bonchev–Trinajstić information content (AvgIpc) is 2.92. The number of halogens is 1. The highest BCUT2D eigenvalue weighted by atomic mass is 79.9. The van der Waals surface area contributed by atoms with E-state index in [0.717, 1.165) is 24.7 Å². The minimum absolute atomic E-state index is 0.217. The van der Waals surface area contributed by atoms with Crippen LogP contribution >= 0.6 is 15.9 Å². The summed E-state index contributed by atoms with van der Waals surface area (Å²) >= 11 is 3.48. The number of hydrogen-bond acceptors (Lipinski definition) is 1. The number of amides is 1. The zero-order chi connectivity index (χ0) is 9.73. The van der Waals surface area contributed by atoms with E-state index in [1.165, 1.54) is 12.8 Å². The lowest BCUT2D eigenvalue weighted by molar-refractivity contribution is -0.121. The first kappa shape index (κ1) is 11.0. The van der Waals surface area contributed by atoms with Crippen molar-refractivity contribution in [3.05, 3.63) is 0 Å². The van der Waals surface area contributed by atoms with E-state index >= 15 is 0 Å². The quantitative estimate of drug-likeness (QED) is 0.719. The van der Waals surface area contributed by atoms with E-state index in [4.69, 9.17) is 0 Å². The molecule has 1 aliphatic carbocycles. The van der Waals surface area contributed by atoms with Crippen molar-refractivity contribution in [3.8, 4) is 0 Å². The summed E-state index contributed by atoms with van der Waals surface area (Å²) in [5.74, 6) is 0.217. The van der Waals surface area contributed by atoms with E-state index in [1.807, 2.05) is 0 Å². The first-order chi connectivity index (χ1) is 6.22. The van der Waals surface area contributed by atoms with E-state index in [-0.39, 0.29) is 5.91 Å². The molecule has 0 radical (unpaired) electrons. The van der Waals surface area contributed by atoms with Gasteiger partial charge in [0.2, 0.25) is 5.91 Å². The van der Waals surface area contributed by atoms with E-state index in [1.54, 1.807) is 0 Å². The van der Waals surface area contributed by atoms with Crippen LogP contribution in [0.5, 0.6) is 0 Å². The second kappa shape index (κ2) is 4.99. The van der Waals surface area contributed by atoms with Gasteiger partial charge in [-0.15, -0.1) is 0 Å². The largest absolute Gasteiger partial charge is 0.356 e. The molecule has 0 bridgehead atoms. The number of alkyl halides is 1. The van der Waals surface area contributed by atoms with Crippen LogP contribution in [0.1, 0.15) is 39.0 Å². The van der Waals surface area contributed by atoms with Gasteiger partial charge in [-0.3, -0.25) is 4.79 Å². The molecule has 2 nitrogen and oxygen atoms in total. The summed E-state index contributed by atoms with van der Waals surface area (Å²) in [6.07, 6.45) is 5.30. The van der Waals surface area contributed by atoms with Crippen LogP contribution < -0.4 is 5.32 Å². The molecule has 0 unspecified atom stereocenters. The number of unbranched alkanes of at least 4 members (excludes halogenated alkanes) is 1. The van der Waals surface area contributed by atoms with Gasteiger partial charge in [-0.1, -0.05) is 29.3 Å². The Morgan fingerprint density at radius 3 is 2.69 bits per heavy atom. The minimum atomic E-state index is 0.217. The number of carbonyl (C=O) groups is 1. The van der Waals surface area contributed by atoms with Crippen molar-refractivity contribution in [2.45, 2.75) is 39.0 Å². The fourth-order valence-electron chi connectivity index (χ4n) is 1.25. The molecule has 0 atom stereocenters. The molecule has 0 heterocycles. The molecule has 0 aromatic heterocycles. The van der Waals surface area contributed by atoms with Crippen molar-refractivity contribution in [3.63, 3.8) is 0 Å². The Balaban J connectivity index is 2.08. The predicted molar refractivity (Wildman–Crippen MR) is 58.0 cm³/mol. The summed E-state index contributed by atoms with van der Waals surface area (Å²) in [7, 11) is 0. The lowest BCUT2D eigenvalue weighted by Crippen LogP contribution is -2.30. The maximum absolute atomic E-state index is 11.3. The number of nitrogens with one attached hydrogen (secondary N) is 1. The van der Waals surface area contributed by atoms with Gasteiger partial charge in [0.25, 0.3) is 0 Å². The zero-order valence-electron chi connectivity index (χ0n) is 8.24. The fraction of sp³-hybridized carbons (Fsp3) is 0.900. The number of carbonyl (C=O) groups excluding carboxylic acids is 1. The second-order valence-electron chi connectivity index (χ2n) is 4.01. The molecule has 0 aromatic rings. The third kappa shape index (κ3) is 3.67. The van der Waals surface area contributed by atoms with Gasteiger partial charge in [-0.2, -0.15) is 0 Å². The van der Waals surface area contributed by atoms with Crippen LogP contribution in [-0.4, -0.2) is 17.8 Å². The average molecular weight is 248 g/mol. The van der Waals surface area contributed by atoms with Crippen molar-refractivity contribution >= 4 is 21.8 Å². The molecule has 0 spiro atoms. The van der Waals surface area contributed by atoms with Gasteiger partial charge >= 0.3 is 0 Å². The SMILES string of the molecule is CCCCC(=O)NCC1(CBr)CC1. The molecular weight excluding hydrogens is 230 g/mol. The zero-order valence-corrected chi connectivity index (χ0v) is 9.82. The van der Waals surface area contributed by atoms with Crippen LogP contribution in [0.3, 0.4) is 0 Å². The molecule has 1 saturated carbocycles. The highest BCUT2D eigenvalue weighted by Crippen LogP contribution is 2.46. The van der Waals surface area contributed by atoms with E-state index in [0.29, 0.717) is 11.8 Å². The first-order valence-corrected chi connectivity index (χ1v) is 6.17. The van der Waals surface area contributed by atoms with Crippen LogP contribution in [0.15, 0.2) is 0 Å². The van der Waals surface area contributed by atoms with Crippen LogP contribution in [0.4, 0.5) is 0 Å². The molecule has 1 N–H and O–H groups in total. The fourth-order valence-corrected chi connectivity index (χ4v) is 2.01. The van der Waals surface area contributed by atoms with E-state index < -0.39 is 0 Å². The molecule has 0 aromatic carbocycles. The summed E-state index contributed by atoms with van der Waals surface area (Å²) in [5, 5.41) is 4.02. The minimum Gasteiger partial charge on any atom is -0.356 e. The Hall–Kier alpha value is -0.0500. The molecule has 13 heavy (non-hydrogen) atoms. The molecule has 1 amide bonds. The van der Waals surface area contributed by atoms with Gasteiger partial charge in [0.05, 0.1) is 0 Å². The monoisotopic (exact) mass is 247 g/mol. The van der Waals surface area contributed by atoms with Crippen LogP contribution in [0, 0.1) is 5.41 Å². The molecule has 3 heteroatoms. The van der Waals surface area contributed by atoms with E-state index in [9.17, 15) is 4.79 Å². The Labute approximate surface area is 88.6 Å². The van der Waals surface area contributed by atoms with Gasteiger partial charge in [-0.25, -0.2) is 0 Å². The first-order valence-electron chi connectivity index (χ1n) is 5.05. The maximum atomic E-state index is 11.3. The molecule has 1 aliphatic rings. The summed E-state index contributed by atoms with van der Waals surface area (Å²) in [4.78, 5) is 11.3. The van der Waals surface area contributed by atoms with Gasteiger partial charge in [0.1, 0.15) is 0 Å².